The minimum Gasteiger partial charge on any atom is -0.468 e. The molecular formula is C22H26N2O7S2. The van der Waals surface area contributed by atoms with Crippen LogP contribution in [0.2, 0.25) is 0 Å². The highest BCUT2D eigenvalue weighted by molar-refractivity contribution is 7.96. The molecule has 3 atom stereocenters. The van der Waals surface area contributed by atoms with Crippen LogP contribution in [0.4, 0.5) is 5.69 Å². The molecule has 2 N–H and O–H groups in total. The predicted molar refractivity (Wildman–Crippen MR) is 123 cm³/mol. The summed E-state index contributed by atoms with van der Waals surface area (Å²) in [6.45, 7) is 1.33. The second-order valence-electron chi connectivity index (χ2n) is 7.90. The molecule has 1 amide bonds. The predicted octanol–water partition coefficient (Wildman–Crippen LogP) is 0.958. The van der Waals surface area contributed by atoms with Gasteiger partial charge >= 0.3 is 5.97 Å². The second-order valence-corrected chi connectivity index (χ2v) is 12.2. The number of esters is 1. The molecule has 2 aromatic rings. The van der Waals surface area contributed by atoms with E-state index >= 15 is 0 Å². The number of ether oxygens (including phenoxy) is 1. The van der Waals surface area contributed by atoms with Crippen LogP contribution in [0.5, 0.6) is 0 Å². The van der Waals surface area contributed by atoms with Crippen molar-refractivity contribution >= 4 is 37.2 Å². The number of methoxy groups -OCH3 is 1. The van der Waals surface area contributed by atoms with Crippen molar-refractivity contribution in [2.45, 2.75) is 35.6 Å². The average molecular weight is 495 g/mol. The third kappa shape index (κ3) is 6.18. The summed E-state index contributed by atoms with van der Waals surface area (Å²) in [5.74, 6) is -1.88. The Bertz CT molecular complexity index is 1210. The standard InChI is InChI=1S/C22H26N2O7S2/c1-15(25)23-17-8-10-18(11-9-17)33(29,30)21-14-32(27,28)13-20(21)24-19(22(26)31-2)12-16-6-4-3-5-7-16/h3-11,19-21,24H,12-14H2,1-2H3,(H,23,25)/t19-,20-,21-/m0/s1. The minimum absolute atomic E-state index is 0.0665. The third-order valence-electron chi connectivity index (χ3n) is 5.39. The molecule has 0 aliphatic carbocycles. The SMILES string of the molecule is COC(=O)[C@H](Cc1ccccc1)N[C@H]1CS(=O)(=O)C[C@@H]1S(=O)(=O)c1ccc(NC(C)=O)cc1. The molecule has 0 unspecified atom stereocenters. The van der Waals surface area contributed by atoms with Gasteiger partial charge in [-0.15, -0.1) is 0 Å². The average Bonchev–Trinajstić information content (AvgIpc) is 3.08. The first kappa shape index (κ1) is 24.9. The molecule has 0 spiro atoms. The zero-order chi connectivity index (χ0) is 24.2. The molecule has 0 radical (unpaired) electrons. The molecule has 1 heterocycles. The molecule has 0 bridgehead atoms. The minimum atomic E-state index is -4.06. The highest BCUT2D eigenvalue weighted by Crippen LogP contribution is 2.27. The van der Waals surface area contributed by atoms with Gasteiger partial charge < -0.3 is 10.1 Å². The molecule has 2 aromatic carbocycles. The van der Waals surface area contributed by atoms with Crippen LogP contribution in [0.25, 0.3) is 0 Å². The zero-order valence-electron chi connectivity index (χ0n) is 18.2. The number of nitrogens with one attached hydrogen (secondary N) is 2. The highest BCUT2D eigenvalue weighted by Gasteiger charge is 2.47. The van der Waals surface area contributed by atoms with Crippen molar-refractivity contribution in [2.24, 2.45) is 0 Å². The largest absolute Gasteiger partial charge is 0.468 e. The van der Waals surface area contributed by atoms with Crippen LogP contribution in [-0.2, 0) is 40.4 Å². The van der Waals surface area contributed by atoms with Crippen molar-refractivity contribution in [3.05, 3.63) is 60.2 Å². The number of rotatable bonds is 8. The fourth-order valence-corrected chi connectivity index (χ4v) is 8.52. The van der Waals surface area contributed by atoms with Crippen LogP contribution in [0.15, 0.2) is 59.5 Å². The first-order valence-electron chi connectivity index (χ1n) is 10.2. The van der Waals surface area contributed by atoms with E-state index in [4.69, 9.17) is 4.74 Å². The second kappa shape index (κ2) is 10.0. The maximum atomic E-state index is 13.3. The number of amides is 1. The highest BCUT2D eigenvalue weighted by atomic mass is 32.2. The van der Waals surface area contributed by atoms with E-state index in [9.17, 15) is 26.4 Å². The number of anilines is 1. The van der Waals surface area contributed by atoms with Crippen molar-refractivity contribution in [3.8, 4) is 0 Å². The lowest BCUT2D eigenvalue weighted by atomic mass is 10.0. The summed E-state index contributed by atoms with van der Waals surface area (Å²) in [7, 11) is -6.50. The van der Waals surface area contributed by atoms with Crippen LogP contribution in [-0.4, -0.2) is 64.7 Å². The Morgan fingerprint density at radius 1 is 1.06 bits per heavy atom. The van der Waals surface area contributed by atoms with Gasteiger partial charge in [0.05, 0.1) is 28.8 Å². The van der Waals surface area contributed by atoms with E-state index in [0.29, 0.717) is 5.69 Å². The van der Waals surface area contributed by atoms with E-state index in [1.807, 2.05) is 30.3 Å². The van der Waals surface area contributed by atoms with Crippen molar-refractivity contribution in [1.82, 2.24) is 5.32 Å². The quantitative estimate of drug-likeness (QED) is 0.518. The number of carbonyl (C=O) groups is 2. The van der Waals surface area contributed by atoms with Gasteiger partial charge in [0, 0.05) is 18.7 Å². The summed E-state index contributed by atoms with van der Waals surface area (Å²) in [4.78, 5) is 23.5. The molecule has 1 saturated heterocycles. The molecule has 11 heteroatoms. The Labute approximate surface area is 193 Å². The van der Waals surface area contributed by atoms with E-state index in [1.54, 1.807) is 0 Å². The van der Waals surface area contributed by atoms with Crippen molar-refractivity contribution < 1.29 is 31.2 Å². The Balaban J connectivity index is 1.88. The van der Waals surface area contributed by atoms with Gasteiger partial charge in [0.2, 0.25) is 5.91 Å². The Morgan fingerprint density at radius 3 is 2.27 bits per heavy atom. The molecule has 33 heavy (non-hydrogen) atoms. The van der Waals surface area contributed by atoms with Gasteiger partial charge in [0.15, 0.2) is 19.7 Å². The van der Waals surface area contributed by atoms with Crippen molar-refractivity contribution in [1.29, 1.82) is 0 Å². The Kier molecular flexibility index (Phi) is 7.55. The lowest BCUT2D eigenvalue weighted by molar-refractivity contribution is -0.143. The molecule has 0 aromatic heterocycles. The van der Waals surface area contributed by atoms with Crippen molar-refractivity contribution in [2.75, 3.05) is 23.9 Å². The molecule has 3 rings (SSSR count). The third-order valence-corrected chi connectivity index (χ3v) is 9.55. The molecular weight excluding hydrogens is 468 g/mol. The first-order valence-corrected chi connectivity index (χ1v) is 13.6. The molecule has 1 fully saturated rings. The molecule has 178 valence electrons. The molecule has 1 aliphatic heterocycles. The maximum absolute atomic E-state index is 13.3. The van der Waals surface area contributed by atoms with Crippen LogP contribution in [0.3, 0.4) is 0 Å². The number of hydrogen-bond donors (Lipinski definition) is 2. The van der Waals surface area contributed by atoms with E-state index in [0.717, 1.165) is 5.56 Å². The van der Waals surface area contributed by atoms with E-state index in [1.165, 1.54) is 38.3 Å². The topological polar surface area (TPSA) is 136 Å². The lowest BCUT2D eigenvalue weighted by Crippen LogP contribution is -2.51. The smallest absolute Gasteiger partial charge is 0.323 e. The molecule has 1 aliphatic rings. The fourth-order valence-electron chi connectivity index (χ4n) is 3.84. The van der Waals surface area contributed by atoms with Gasteiger partial charge in [-0.25, -0.2) is 16.8 Å². The van der Waals surface area contributed by atoms with E-state index < -0.39 is 54.5 Å². The fraction of sp³-hybridized carbons (Fsp3) is 0.364. The monoisotopic (exact) mass is 494 g/mol. The summed E-state index contributed by atoms with van der Waals surface area (Å²) >= 11 is 0. The number of sulfone groups is 2. The zero-order valence-corrected chi connectivity index (χ0v) is 19.9. The normalized spacial score (nSPS) is 20.7. The van der Waals surface area contributed by atoms with E-state index in [-0.39, 0.29) is 17.2 Å². The van der Waals surface area contributed by atoms with Gasteiger partial charge in [-0.1, -0.05) is 30.3 Å². The molecule has 9 nitrogen and oxygen atoms in total. The molecule has 0 saturated carbocycles. The Morgan fingerprint density at radius 2 is 1.70 bits per heavy atom. The van der Waals surface area contributed by atoms with Gasteiger partial charge in [-0.3, -0.25) is 14.9 Å². The summed E-state index contributed by atoms with van der Waals surface area (Å²) in [5, 5.41) is 4.21. The van der Waals surface area contributed by atoms with E-state index in [2.05, 4.69) is 10.6 Å². The van der Waals surface area contributed by atoms with Crippen LogP contribution in [0.1, 0.15) is 12.5 Å². The summed E-state index contributed by atoms with van der Waals surface area (Å²) in [6.07, 6.45) is 0.211. The van der Waals surface area contributed by atoms with Gasteiger partial charge in [-0.2, -0.15) is 0 Å². The summed E-state index contributed by atoms with van der Waals surface area (Å²) < 4.78 is 56.4. The Hall–Kier alpha value is -2.76. The van der Waals surface area contributed by atoms with Crippen LogP contribution < -0.4 is 10.6 Å². The first-order chi connectivity index (χ1) is 15.5. The van der Waals surface area contributed by atoms with Gasteiger partial charge in [0.25, 0.3) is 0 Å². The van der Waals surface area contributed by atoms with Gasteiger partial charge in [0.1, 0.15) is 6.04 Å². The summed E-state index contributed by atoms with van der Waals surface area (Å²) in [6, 6.07) is 12.7. The number of carbonyl (C=O) groups excluding carboxylic acids is 2. The number of benzene rings is 2. The van der Waals surface area contributed by atoms with Gasteiger partial charge in [-0.05, 0) is 36.2 Å². The van der Waals surface area contributed by atoms with Crippen LogP contribution in [0, 0.1) is 0 Å². The van der Waals surface area contributed by atoms with Crippen molar-refractivity contribution in [3.63, 3.8) is 0 Å². The number of hydrogen-bond acceptors (Lipinski definition) is 8. The lowest BCUT2D eigenvalue weighted by Gasteiger charge is -2.25. The summed E-state index contributed by atoms with van der Waals surface area (Å²) in [5.41, 5.74) is 1.23. The van der Waals surface area contributed by atoms with Crippen LogP contribution >= 0.6 is 0 Å². The maximum Gasteiger partial charge on any atom is 0.323 e.